The molecule has 2 aliphatic heterocycles. The molecular formula is C19H26FNO2. The van der Waals surface area contributed by atoms with E-state index >= 15 is 0 Å². The van der Waals surface area contributed by atoms with Gasteiger partial charge >= 0.3 is 5.97 Å². The van der Waals surface area contributed by atoms with Gasteiger partial charge in [-0.05, 0) is 44.2 Å². The van der Waals surface area contributed by atoms with Gasteiger partial charge in [0.05, 0.1) is 19.7 Å². The molecule has 1 aromatic carbocycles. The summed E-state index contributed by atoms with van der Waals surface area (Å²) in [5.74, 6) is 0.0322. The third kappa shape index (κ3) is 3.27. The van der Waals surface area contributed by atoms with Crippen molar-refractivity contribution >= 4 is 5.97 Å². The summed E-state index contributed by atoms with van der Waals surface area (Å²) in [5.41, 5.74) is 1.24. The quantitative estimate of drug-likeness (QED) is 0.593. The largest absolute Gasteiger partial charge is 0.469 e. The molecule has 0 saturated carbocycles. The van der Waals surface area contributed by atoms with Crippen LogP contribution < -0.4 is 0 Å². The van der Waals surface area contributed by atoms with Crippen molar-refractivity contribution in [3.8, 4) is 0 Å². The number of halogens is 1. The second kappa shape index (κ2) is 7.43. The third-order valence-electron chi connectivity index (χ3n) is 5.57. The molecule has 3 nitrogen and oxygen atoms in total. The van der Waals surface area contributed by atoms with Gasteiger partial charge in [-0.25, -0.2) is 0 Å². The molecule has 0 aliphatic carbocycles. The molecule has 2 bridgehead atoms. The number of piperidine rings is 1. The molecule has 4 heteroatoms. The van der Waals surface area contributed by atoms with Gasteiger partial charge in [0.2, 0.25) is 0 Å². The van der Waals surface area contributed by atoms with Gasteiger partial charge in [0, 0.05) is 18.0 Å². The lowest BCUT2D eigenvalue weighted by molar-refractivity contribution is -0.150. The van der Waals surface area contributed by atoms with Crippen LogP contribution >= 0.6 is 0 Å². The van der Waals surface area contributed by atoms with E-state index in [1.807, 2.05) is 18.2 Å². The normalized spacial score (nSPS) is 30.3. The monoisotopic (exact) mass is 319 g/mol. The van der Waals surface area contributed by atoms with E-state index in [4.69, 9.17) is 4.74 Å². The Hall–Kier alpha value is -1.42. The van der Waals surface area contributed by atoms with Crippen molar-refractivity contribution in [3.05, 3.63) is 35.9 Å². The van der Waals surface area contributed by atoms with Crippen molar-refractivity contribution in [1.29, 1.82) is 0 Å². The minimum Gasteiger partial charge on any atom is -0.469 e. The number of fused-ring (bicyclic) bond motifs is 2. The Morgan fingerprint density at radius 3 is 2.74 bits per heavy atom. The maximum atomic E-state index is 12.5. The van der Waals surface area contributed by atoms with E-state index in [2.05, 4.69) is 17.0 Å². The molecule has 1 aromatic rings. The minimum absolute atomic E-state index is 0.0975. The Kier molecular flexibility index (Phi) is 5.31. The van der Waals surface area contributed by atoms with Crippen molar-refractivity contribution in [1.82, 2.24) is 4.90 Å². The summed E-state index contributed by atoms with van der Waals surface area (Å²) >= 11 is 0. The van der Waals surface area contributed by atoms with Crippen LogP contribution in [0.15, 0.2) is 30.3 Å². The predicted octanol–water partition coefficient (Wildman–Crippen LogP) is 3.55. The van der Waals surface area contributed by atoms with Crippen molar-refractivity contribution < 1.29 is 13.9 Å². The summed E-state index contributed by atoms with van der Waals surface area (Å²) in [6.07, 6.45) is 4.66. The molecule has 0 unspecified atom stereocenters. The molecule has 0 spiro atoms. The summed E-state index contributed by atoms with van der Waals surface area (Å²) in [7, 11) is 1.48. The first-order valence-corrected chi connectivity index (χ1v) is 8.70. The number of benzene rings is 1. The summed E-state index contributed by atoms with van der Waals surface area (Å²) in [5, 5.41) is 0. The molecule has 2 heterocycles. The molecule has 0 N–H and O–H groups in total. The Morgan fingerprint density at radius 1 is 1.26 bits per heavy atom. The van der Waals surface area contributed by atoms with Gasteiger partial charge in [-0.2, -0.15) is 0 Å². The van der Waals surface area contributed by atoms with Crippen LogP contribution in [-0.4, -0.2) is 43.3 Å². The van der Waals surface area contributed by atoms with Crippen LogP contribution in [-0.2, 0) is 9.53 Å². The van der Waals surface area contributed by atoms with Gasteiger partial charge in [-0.15, -0.1) is 0 Å². The number of nitrogens with zero attached hydrogens (tertiary/aromatic N) is 1. The van der Waals surface area contributed by atoms with Crippen molar-refractivity contribution in [2.45, 2.75) is 50.1 Å². The van der Waals surface area contributed by atoms with Crippen LogP contribution in [0.3, 0.4) is 0 Å². The highest BCUT2D eigenvalue weighted by Gasteiger charge is 2.50. The zero-order chi connectivity index (χ0) is 16.2. The molecule has 0 amide bonds. The maximum Gasteiger partial charge on any atom is 0.310 e. The minimum atomic E-state index is -0.254. The second-order valence-corrected chi connectivity index (χ2v) is 6.73. The lowest BCUT2D eigenvalue weighted by atomic mass is 9.76. The van der Waals surface area contributed by atoms with Gasteiger partial charge in [0.1, 0.15) is 0 Å². The Balaban J connectivity index is 1.83. The molecule has 126 valence electrons. The van der Waals surface area contributed by atoms with Gasteiger partial charge in [0.25, 0.3) is 0 Å². The molecule has 2 saturated heterocycles. The standard InChI is InChI=1S/C19H26FNO2/c1-23-19(22)18-16(14-7-3-2-4-8-14)13-15-9-10-17(18)21(15)12-6-5-11-20/h2-4,7-8,15-18H,5-6,9-13H2,1H3/t15-,16+,17+,18-/m0/s1. The molecule has 2 fully saturated rings. The number of hydrogen-bond donors (Lipinski definition) is 0. The van der Waals surface area contributed by atoms with Crippen molar-refractivity contribution in [3.63, 3.8) is 0 Å². The average Bonchev–Trinajstić information content (AvgIpc) is 2.87. The molecule has 0 aromatic heterocycles. The van der Waals surface area contributed by atoms with Crippen molar-refractivity contribution in [2.24, 2.45) is 5.92 Å². The van der Waals surface area contributed by atoms with E-state index in [0.717, 1.165) is 32.2 Å². The number of carbonyl (C=O) groups is 1. The lowest BCUT2D eigenvalue weighted by Crippen LogP contribution is -2.51. The smallest absolute Gasteiger partial charge is 0.310 e. The molecule has 3 rings (SSSR count). The van der Waals surface area contributed by atoms with Gasteiger partial charge in [-0.1, -0.05) is 30.3 Å². The highest BCUT2D eigenvalue weighted by molar-refractivity contribution is 5.75. The molecule has 23 heavy (non-hydrogen) atoms. The number of methoxy groups -OCH3 is 1. The predicted molar refractivity (Wildman–Crippen MR) is 88.0 cm³/mol. The van der Waals surface area contributed by atoms with Crippen LogP contribution in [0, 0.1) is 5.92 Å². The molecular weight excluding hydrogens is 293 g/mol. The third-order valence-corrected chi connectivity index (χ3v) is 5.57. The Bertz CT molecular complexity index is 521. The first-order valence-electron chi connectivity index (χ1n) is 8.70. The number of ether oxygens (including phenoxy) is 1. The topological polar surface area (TPSA) is 29.5 Å². The number of rotatable bonds is 6. The van der Waals surface area contributed by atoms with Gasteiger partial charge in [-0.3, -0.25) is 14.1 Å². The maximum absolute atomic E-state index is 12.5. The molecule has 4 atom stereocenters. The van der Waals surface area contributed by atoms with E-state index < -0.39 is 0 Å². The number of unbranched alkanes of at least 4 members (excludes halogenated alkanes) is 1. The summed E-state index contributed by atoms with van der Waals surface area (Å²) < 4.78 is 17.5. The van der Waals surface area contributed by atoms with E-state index in [1.165, 1.54) is 12.7 Å². The summed E-state index contributed by atoms with van der Waals surface area (Å²) in [6, 6.07) is 11.1. The lowest BCUT2D eigenvalue weighted by Gasteiger charge is -2.43. The zero-order valence-electron chi connectivity index (χ0n) is 13.8. The fraction of sp³-hybridized carbons (Fsp3) is 0.632. The Morgan fingerprint density at radius 2 is 2.04 bits per heavy atom. The van der Waals surface area contributed by atoms with Crippen LogP contribution in [0.25, 0.3) is 0 Å². The van der Waals surface area contributed by atoms with Crippen LogP contribution in [0.1, 0.15) is 43.6 Å². The summed E-state index contributed by atoms with van der Waals surface area (Å²) in [4.78, 5) is 15.0. The number of hydrogen-bond acceptors (Lipinski definition) is 3. The van der Waals surface area contributed by atoms with E-state index in [0.29, 0.717) is 12.5 Å². The van der Waals surface area contributed by atoms with Crippen LogP contribution in [0.4, 0.5) is 4.39 Å². The average molecular weight is 319 g/mol. The van der Waals surface area contributed by atoms with Crippen LogP contribution in [0.2, 0.25) is 0 Å². The van der Waals surface area contributed by atoms with Crippen LogP contribution in [0.5, 0.6) is 0 Å². The van der Waals surface area contributed by atoms with E-state index in [-0.39, 0.29) is 30.5 Å². The number of esters is 1. The van der Waals surface area contributed by atoms with E-state index in [9.17, 15) is 9.18 Å². The fourth-order valence-electron chi connectivity index (χ4n) is 4.55. The van der Waals surface area contributed by atoms with Crippen molar-refractivity contribution in [2.75, 3.05) is 20.3 Å². The fourth-order valence-corrected chi connectivity index (χ4v) is 4.55. The highest BCUT2D eigenvalue weighted by Crippen LogP contribution is 2.47. The second-order valence-electron chi connectivity index (χ2n) is 6.73. The zero-order valence-corrected chi connectivity index (χ0v) is 13.8. The number of carbonyl (C=O) groups excluding carboxylic acids is 1. The SMILES string of the molecule is COC(=O)[C@H]1[C@@H](c2ccccc2)C[C@@H]2CC[C@H]1N2CCCCF. The van der Waals surface area contributed by atoms with Gasteiger partial charge < -0.3 is 4.74 Å². The highest BCUT2D eigenvalue weighted by atomic mass is 19.1. The molecule has 0 radical (unpaired) electrons. The first kappa shape index (κ1) is 16.4. The van der Waals surface area contributed by atoms with Gasteiger partial charge in [0.15, 0.2) is 0 Å². The molecule has 2 aliphatic rings. The Labute approximate surface area is 137 Å². The van der Waals surface area contributed by atoms with E-state index in [1.54, 1.807) is 0 Å². The first-order chi connectivity index (χ1) is 11.3. The number of alkyl halides is 1. The summed E-state index contributed by atoms with van der Waals surface area (Å²) in [6.45, 7) is 0.643.